The molecule has 0 aliphatic carbocycles. The number of amides is 2. The maximum atomic E-state index is 13.0. The second-order valence-electron chi connectivity index (χ2n) is 8.25. The Labute approximate surface area is 204 Å². The SMILES string of the molecule is CCCCOC(=O)NC(=N)c1ccc(C(=O)NC(OC2CCNCC2)(C(=O)O)C(=O)CCC)cc1. The van der Waals surface area contributed by atoms with Crippen LogP contribution in [0.3, 0.4) is 0 Å². The number of Topliss-reactive ketones (excluding diaryl/α,β-unsaturated/α-hetero) is 1. The van der Waals surface area contributed by atoms with E-state index in [2.05, 4.69) is 16.0 Å². The number of amidine groups is 1. The Hall–Kier alpha value is -3.31. The molecule has 0 radical (unpaired) electrons. The number of alkyl carbamates (subject to hydrolysis) is 1. The Morgan fingerprint density at radius 1 is 1.09 bits per heavy atom. The average molecular weight is 491 g/mol. The molecule has 1 atom stereocenters. The lowest BCUT2D eigenvalue weighted by molar-refractivity contribution is -0.185. The van der Waals surface area contributed by atoms with E-state index in [0.717, 1.165) is 6.42 Å². The van der Waals surface area contributed by atoms with Crippen LogP contribution in [0.5, 0.6) is 0 Å². The zero-order chi connectivity index (χ0) is 25.8. The molecule has 0 spiro atoms. The number of ether oxygens (including phenoxy) is 2. The number of carbonyl (C=O) groups excluding carboxylic acids is 3. The van der Waals surface area contributed by atoms with Crippen molar-refractivity contribution in [2.45, 2.75) is 64.2 Å². The van der Waals surface area contributed by atoms with Crippen LogP contribution in [0.4, 0.5) is 4.79 Å². The maximum absolute atomic E-state index is 13.0. The lowest BCUT2D eigenvalue weighted by Gasteiger charge is -2.34. The van der Waals surface area contributed by atoms with Crippen LogP contribution in [-0.2, 0) is 19.1 Å². The standard InChI is InChI=1S/C24H34N4O7/c1-3-5-15-34-23(33)27-20(25)16-7-9-17(10-8-16)21(30)28-24(22(31)32,19(29)6-4-2)35-18-11-13-26-14-12-18/h7-10,18,26H,3-6,11-15H2,1-2H3,(H,28,30)(H,31,32)(H2,25,27,33). The third-order valence-electron chi connectivity index (χ3n) is 5.48. The van der Waals surface area contributed by atoms with Gasteiger partial charge in [0.2, 0.25) is 0 Å². The van der Waals surface area contributed by atoms with Crippen molar-refractivity contribution in [1.29, 1.82) is 5.41 Å². The highest BCUT2D eigenvalue weighted by Crippen LogP contribution is 2.21. The summed E-state index contributed by atoms with van der Waals surface area (Å²) in [6.07, 6.45) is 1.66. The van der Waals surface area contributed by atoms with E-state index >= 15 is 0 Å². The van der Waals surface area contributed by atoms with Crippen LogP contribution in [0.25, 0.3) is 0 Å². The predicted octanol–water partition coefficient (Wildman–Crippen LogP) is 2.19. The maximum Gasteiger partial charge on any atom is 0.412 e. The van der Waals surface area contributed by atoms with Crippen LogP contribution < -0.4 is 16.0 Å². The second-order valence-corrected chi connectivity index (χ2v) is 8.25. The molecule has 35 heavy (non-hydrogen) atoms. The van der Waals surface area contributed by atoms with Gasteiger partial charge in [0, 0.05) is 17.5 Å². The average Bonchev–Trinajstić information content (AvgIpc) is 2.84. The topological polar surface area (TPSA) is 167 Å². The Morgan fingerprint density at radius 2 is 1.71 bits per heavy atom. The van der Waals surface area contributed by atoms with Crippen LogP contribution in [0.1, 0.15) is 68.3 Å². The quantitative estimate of drug-likeness (QED) is 0.0977. The van der Waals surface area contributed by atoms with Gasteiger partial charge in [0.05, 0.1) is 12.7 Å². The van der Waals surface area contributed by atoms with E-state index in [9.17, 15) is 24.3 Å². The number of carboxylic acid groups (broad SMARTS) is 1. The van der Waals surface area contributed by atoms with Gasteiger partial charge in [-0.05, 0) is 50.9 Å². The molecule has 11 heteroatoms. The molecule has 1 saturated heterocycles. The van der Waals surface area contributed by atoms with Crippen molar-refractivity contribution in [3.63, 3.8) is 0 Å². The molecule has 0 aromatic heterocycles. The van der Waals surface area contributed by atoms with E-state index in [-0.39, 0.29) is 24.4 Å². The van der Waals surface area contributed by atoms with Gasteiger partial charge in [0.1, 0.15) is 5.84 Å². The monoisotopic (exact) mass is 490 g/mol. The van der Waals surface area contributed by atoms with Gasteiger partial charge in [0.25, 0.3) is 5.91 Å². The van der Waals surface area contributed by atoms with Gasteiger partial charge in [0.15, 0.2) is 5.78 Å². The van der Waals surface area contributed by atoms with Crippen molar-refractivity contribution in [3.05, 3.63) is 35.4 Å². The first-order chi connectivity index (χ1) is 16.7. The molecule has 11 nitrogen and oxygen atoms in total. The second kappa shape index (κ2) is 13.5. The lowest BCUT2D eigenvalue weighted by atomic mass is 10.0. The fourth-order valence-electron chi connectivity index (χ4n) is 3.49. The summed E-state index contributed by atoms with van der Waals surface area (Å²) in [6.45, 7) is 5.17. The molecule has 0 saturated carbocycles. The minimum atomic E-state index is -2.50. The van der Waals surface area contributed by atoms with Gasteiger partial charge >= 0.3 is 17.8 Å². The van der Waals surface area contributed by atoms with Crippen LogP contribution in [-0.4, -0.2) is 66.2 Å². The number of piperidine rings is 1. The van der Waals surface area contributed by atoms with Gasteiger partial charge in [-0.3, -0.25) is 20.3 Å². The summed E-state index contributed by atoms with van der Waals surface area (Å²) in [6, 6.07) is 5.58. The number of aliphatic carboxylic acids is 1. The number of ketones is 1. The molecule has 0 bridgehead atoms. The predicted molar refractivity (Wildman–Crippen MR) is 127 cm³/mol. The van der Waals surface area contributed by atoms with Crippen LogP contribution in [0.15, 0.2) is 24.3 Å². The molecular weight excluding hydrogens is 456 g/mol. The van der Waals surface area contributed by atoms with E-state index in [0.29, 0.717) is 44.3 Å². The number of unbranched alkanes of at least 4 members (excludes halogenated alkanes) is 1. The largest absolute Gasteiger partial charge is 0.477 e. The Balaban J connectivity index is 2.15. The zero-order valence-corrected chi connectivity index (χ0v) is 20.1. The van der Waals surface area contributed by atoms with Gasteiger partial charge in [-0.2, -0.15) is 0 Å². The molecule has 5 N–H and O–H groups in total. The van der Waals surface area contributed by atoms with Crippen LogP contribution in [0, 0.1) is 5.41 Å². The number of rotatable bonds is 12. The molecule has 2 rings (SSSR count). The molecule has 1 heterocycles. The first-order valence-corrected chi connectivity index (χ1v) is 11.8. The molecule has 1 fully saturated rings. The number of nitrogens with one attached hydrogen (secondary N) is 4. The van der Waals surface area contributed by atoms with Crippen molar-refractivity contribution in [1.82, 2.24) is 16.0 Å². The third-order valence-corrected chi connectivity index (χ3v) is 5.48. The summed E-state index contributed by atoms with van der Waals surface area (Å²) in [5.74, 6) is -3.34. The van der Waals surface area contributed by atoms with E-state index in [1.54, 1.807) is 6.92 Å². The summed E-state index contributed by atoms with van der Waals surface area (Å²) in [5, 5.41) is 25.7. The molecule has 1 aliphatic rings. The van der Waals surface area contributed by atoms with Crippen molar-refractivity contribution < 1.29 is 33.8 Å². The highest BCUT2D eigenvalue weighted by atomic mass is 16.6. The lowest BCUT2D eigenvalue weighted by Crippen LogP contribution is -2.63. The fraction of sp³-hybridized carbons (Fsp3) is 0.542. The minimum absolute atomic E-state index is 0.0657. The Bertz CT molecular complexity index is 913. The summed E-state index contributed by atoms with van der Waals surface area (Å²) in [7, 11) is 0. The van der Waals surface area contributed by atoms with E-state index in [4.69, 9.17) is 14.9 Å². The molecular formula is C24H34N4O7. The Morgan fingerprint density at radius 3 is 2.29 bits per heavy atom. The van der Waals surface area contributed by atoms with Gasteiger partial charge in [-0.1, -0.05) is 32.4 Å². The normalized spacial score (nSPS) is 15.5. The van der Waals surface area contributed by atoms with E-state index < -0.39 is 35.6 Å². The molecule has 1 aromatic rings. The molecule has 1 unspecified atom stereocenters. The third kappa shape index (κ3) is 7.86. The first kappa shape index (κ1) is 27.9. The molecule has 1 aromatic carbocycles. The number of benzene rings is 1. The summed E-state index contributed by atoms with van der Waals surface area (Å²) >= 11 is 0. The van der Waals surface area contributed by atoms with E-state index in [1.165, 1.54) is 24.3 Å². The van der Waals surface area contributed by atoms with Crippen molar-refractivity contribution in [2.24, 2.45) is 0 Å². The highest BCUT2D eigenvalue weighted by Gasteiger charge is 2.50. The molecule has 1 aliphatic heterocycles. The summed E-state index contributed by atoms with van der Waals surface area (Å²) < 4.78 is 10.7. The van der Waals surface area contributed by atoms with Crippen molar-refractivity contribution in [3.8, 4) is 0 Å². The van der Waals surface area contributed by atoms with Crippen LogP contribution >= 0.6 is 0 Å². The Kier molecular flexibility index (Phi) is 10.8. The first-order valence-electron chi connectivity index (χ1n) is 11.8. The number of carboxylic acids is 1. The number of hydrogen-bond acceptors (Lipinski definition) is 8. The summed E-state index contributed by atoms with van der Waals surface area (Å²) in [4.78, 5) is 49.8. The smallest absolute Gasteiger partial charge is 0.412 e. The molecule has 2 amide bonds. The van der Waals surface area contributed by atoms with Gasteiger partial charge in [-0.25, -0.2) is 9.59 Å². The van der Waals surface area contributed by atoms with Crippen molar-refractivity contribution >= 4 is 29.6 Å². The van der Waals surface area contributed by atoms with Crippen LogP contribution in [0.2, 0.25) is 0 Å². The number of hydrogen-bond donors (Lipinski definition) is 5. The number of carbonyl (C=O) groups is 4. The minimum Gasteiger partial charge on any atom is -0.477 e. The molecule has 192 valence electrons. The van der Waals surface area contributed by atoms with E-state index in [1.807, 2.05) is 6.92 Å². The fourth-order valence-corrected chi connectivity index (χ4v) is 3.49. The highest BCUT2D eigenvalue weighted by molar-refractivity contribution is 6.11. The zero-order valence-electron chi connectivity index (χ0n) is 20.1. The van der Waals surface area contributed by atoms with Crippen molar-refractivity contribution in [2.75, 3.05) is 19.7 Å². The van der Waals surface area contributed by atoms with Gasteiger partial charge < -0.3 is 25.2 Å². The van der Waals surface area contributed by atoms with Gasteiger partial charge in [-0.15, -0.1) is 0 Å². The summed E-state index contributed by atoms with van der Waals surface area (Å²) in [5.41, 5.74) is -2.12.